The molecular weight excluding hydrogens is 214 g/mol. The number of carboxylic acid groups (broad SMARTS) is 1. The van der Waals surface area contributed by atoms with Crippen LogP contribution in [-0.4, -0.2) is 17.1 Å². The van der Waals surface area contributed by atoms with Crippen LogP contribution in [0.25, 0.3) is 0 Å². The van der Waals surface area contributed by atoms with Crippen LogP contribution in [0.1, 0.15) is 36.8 Å². The van der Waals surface area contributed by atoms with Crippen LogP contribution in [0.2, 0.25) is 0 Å². The van der Waals surface area contributed by atoms with E-state index in [1.165, 1.54) is 25.7 Å². The van der Waals surface area contributed by atoms with Crippen molar-refractivity contribution in [3.63, 3.8) is 0 Å². The molecule has 1 aromatic rings. The summed E-state index contributed by atoms with van der Waals surface area (Å²) in [4.78, 5) is 10.6. The molecule has 3 heteroatoms. The standard InChI is InChI=1S/C14H19NO2/c1-10-8-11(9-14(16)17)6-7-13(10)15-12-4-2-3-5-12/h6-8,12,15H,2-5,9H2,1H3,(H,16,17). The zero-order chi connectivity index (χ0) is 12.3. The second-order valence-corrected chi connectivity index (χ2v) is 4.85. The van der Waals surface area contributed by atoms with Gasteiger partial charge in [0, 0.05) is 11.7 Å². The summed E-state index contributed by atoms with van der Waals surface area (Å²) in [5.41, 5.74) is 3.15. The first-order valence-corrected chi connectivity index (χ1v) is 6.23. The molecule has 1 aliphatic rings. The molecule has 0 bridgehead atoms. The summed E-state index contributed by atoms with van der Waals surface area (Å²) < 4.78 is 0. The van der Waals surface area contributed by atoms with Crippen LogP contribution in [0, 0.1) is 6.92 Å². The van der Waals surface area contributed by atoms with E-state index in [0.717, 1.165) is 16.8 Å². The molecule has 92 valence electrons. The smallest absolute Gasteiger partial charge is 0.307 e. The van der Waals surface area contributed by atoms with Crippen LogP contribution in [0.15, 0.2) is 18.2 Å². The molecule has 0 aromatic heterocycles. The van der Waals surface area contributed by atoms with Crippen molar-refractivity contribution in [2.24, 2.45) is 0 Å². The van der Waals surface area contributed by atoms with Gasteiger partial charge in [-0.1, -0.05) is 25.0 Å². The lowest BCUT2D eigenvalue weighted by atomic mass is 10.1. The normalized spacial score (nSPS) is 16.1. The lowest BCUT2D eigenvalue weighted by Gasteiger charge is -2.16. The van der Waals surface area contributed by atoms with E-state index in [1.54, 1.807) is 0 Å². The number of hydrogen-bond acceptors (Lipinski definition) is 2. The summed E-state index contributed by atoms with van der Waals surface area (Å²) in [6.45, 7) is 2.03. The Morgan fingerprint density at radius 2 is 2.12 bits per heavy atom. The van der Waals surface area contributed by atoms with E-state index in [4.69, 9.17) is 5.11 Å². The average Bonchev–Trinajstić information content (AvgIpc) is 2.74. The Morgan fingerprint density at radius 3 is 2.71 bits per heavy atom. The number of aliphatic carboxylic acids is 1. The van der Waals surface area contributed by atoms with Gasteiger partial charge in [0.1, 0.15) is 0 Å². The highest BCUT2D eigenvalue weighted by molar-refractivity contribution is 5.70. The van der Waals surface area contributed by atoms with Crippen molar-refractivity contribution in [3.8, 4) is 0 Å². The van der Waals surface area contributed by atoms with Gasteiger partial charge in [-0.2, -0.15) is 0 Å². The Labute approximate surface area is 102 Å². The molecule has 2 rings (SSSR count). The Kier molecular flexibility index (Phi) is 3.67. The summed E-state index contributed by atoms with van der Waals surface area (Å²) in [6.07, 6.45) is 5.22. The van der Waals surface area contributed by atoms with Gasteiger partial charge in [0.2, 0.25) is 0 Å². The Hall–Kier alpha value is -1.51. The van der Waals surface area contributed by atoms with Crippen molar-refractivity contribution in [3.05, 3.63) is 29.3 Å². The minimum atomic E-state index is -0.777. The predicted octanol–water partition coefficient (Wildman–Crippen LogP) is 2.98. The third-order valence-corrected chi connectivity index (χ3v) is 3.36. The maximum absolute atomic E-state index is 10.6. The third kappa shape index (κ3) is 3.22. The quantitative estimate of drug-likeness (QED) is 0.840. The van der Waals surface area contributed by atoms with Crippen LogP contribution >= 0.6 is 0 Å². The van der Waals surface area contributed by atoms with Crippen LogP contribution in [0.5, 0.6) is 0 Å². The van der Waals surface area contributed by atoms with E-state index < -0.39 is 5.97 Å². The topological polar surface area (TPSA) is 49.3 Å². The summed E-state index contributed by atoms with van der Waals surface area (Å²) in [5.74, 6) is -0.777. The summed E-state index contributed by atoms with van der Waals surface area (Å²) in [5, 5.41) is 12.3. The number of nitrogens with one attached hydrogen (secondary N) is 1. The molecule has 2 N–H and O–H groups in total. The number of rotatable bonds is 4. The monoisotopic (exact) mass is 233 g/mol. The van der Waals surface area contributed by atoms with Gasteiger partial charge in [-0.3, -0.25) is 4.79 Å². The van der Waals surface area contributed by atoms with E-state index in [-0.39, 0.29) is 6.42 Å². The lowest BCUT2D eigenvalue weighted by Crippen LogP contribution is -2.15. The first-order chi connectivity index (χ1) is 8.15. The molecule has 0 radical (unpaired) electrons. The highest BCUT2D eigenvalue weighted by Gasteiger charge is 2.15. The molecule has 1 aliphatic carbocycles. The van der Waals surface area contributed by atoms with Gasteiger partial charge in [-0.15, -0.1) is 0 Å². The Morgan fingerprint density at radius 1 is 1.41 bits per heavy atom. The second-order valence-electron chi connectivity index (χ2n) is 4.85. The number of anilines is 1. The Balaban J connectivity index is 2.05. The van der Waals surface area contributed by atoms with Gasteiger partial charge in [-0.25, -0.2) is 0 Å². The number of carboxylic acids is 1. The molecule has 0 heterocycles. The number of benzene rings is 1. The summed E-state index contributed by atoms with van der Waals surface area (Å²) in [6, 6.07) is 6.47. The lowest BCUT2D eigenvalue weighted by molar-refractivity contribution is -0.136. The molecule has 17 heavy (non-hydrogen) atoms. The van der Waals surface area contributed by atoms with E-state index in [1.807, 2.05) is 25.1 Å². The SMILES string of the molecule is Cc1cc(CC(=O)O)ccc1NC1CCCC1. The fourth-order valence-electron chi connectivity index (χ4n) is 2.46. The number of hydrogen-bond donors (Lipinski definition) is 2. The molecule has 1 aromatic carbocycles. The van der Waals surface area contributed by atoms with E-state index in [9.17, 15) is 4.79 Å². The highest BCUT2D eigenvalue weighted by atomic mass is 16.4. The van der Waals surface area contributed by atoms with Crippen molar-refractivity contribution >= 4 is 11.7 Å². The van der Waals surface area contributed by atoms with Gasteiger partial charge in [0.25, 0.3) is 0 Å². The second kappa shape index (κ2) is 5.21. The largest absolute Gasteiger partial charge is 0.481 e. The maximum Gasteiger partial charge on any atom is 0.307 e. The number of carbonyl (C=O) groups is 1. The van der Waals surface area contributed by atoms with Crippen molar-refractivity contribution in [1.82, 2.24) is 0 Å². The first-order valence-electron chi connectivity index (χ1n) is 6.23. The van der Waals surface area contributed by atoms with Crippen molar-refractivity contribution < 1.29 is 9.90 Å². The third-order valence-electron chi connectivity index (χ3n) is 3.36. The van der Waals surface area contributed by atoms with Gasteiger partial charge < -0.3 is 10.4 Å². The molecule has 1 fully saturated rings. The minimum Gasteiger partial charge on any atom is -0.481 e. The fourth-order valence-corrected chi connectivity index (χ4v) is 2.46. The highest BCUT2D eigenvalue weighted by Crippen LogP contribution is 2.24. The Bertz CT molecular complexity index is 409. The molecule has 0 amide bonds. The molecule has 1 saturated carbocycles. The van der Waals surface area contributed by atoms with E-state index >= 15 is 0 Å². The van der Waals surface area contributed by atoms with Crippen LogP contribution in [-0.2, 0) is 11.2 Å². The molecule has 0 spiro atoms. The van der Waals surface area contributed by atoms with Gasteiger partial charge >= 0.3 is 5.97 Å². The predicted molar refractivity (Wildman–Crippen MR) is 68.4 cm³/mol. The van der Waals surface area contributed by atoms with Gasteiger partial charge in [0.15, 0.2) is 0 Å². The molecule has 0 unspecified atom stereocenters. The fraction of sp³-hybridized carbons (Fsp3) is 0.500. The molecular formula is C14H19NO2. The summed E-state index contributed by atoms with van der Waals surface area (Å²) >= 11 is 0. The zero-order valence-electron chi connectivity index (χ0n) is 10.2. The van der Waals surface area contributed by atoms with Crippen LogP contribution in [0.4, 0.5) is 5.69 Å². The van der Waals surface area contributed by atoms with Gasteiger partial charge in [-0.05, 0) is 37.0 Å². The summed E-state index contributed by atoms with van der Waals surface area (Å²) in [7, 11) is 0. The molecule has 3 nitrogen and oxygen atoms in total. The average molecular weight is 233 g/mol. The van der Waals surface area contributed by atoms with Crippen molar-refractivity contribution in [1.29, 1.82) is 0 Å². The minimum absolute atomic E-state index is 0.102. The van der Waals surface area contributed by atoms with Crippen LogP contribution in [0.3, 0.4) is 0 Å². The zero-order valence-corrected chi connectivity index (χ0v) is 10.2. The molecule has 0 atom stereocenters. The van der Waals surface area contributed by atoms with Crippen molar-refractivity contribution in [2.45, 2.75) is 45.1 Å². The van der Waals surface area contributed by atoms with Crippen LogP contribution < -0.4 is 5.32 Å². The molecule has 0 saturated heterocycles. The first kappa shape index (κ1) is 12.0. The van der Waals surface area contributed by atoms with E-state index in [2.05, 4.69) is 5.32 Å². The van der Waals surface area contributed by atoms with Gasteiger partial charge in [0.05, 0.1) is 6.42 Å². The van der Waals surface area contributed by atoms with E-state index in [0.29, 0.717) is 6.04 Å². The number of aryl methyl sites for hydroxylation is 1. The molecule has 0 aliphatic heterocycles. The maximum atomic E-state index is 10.6. The van der Waals surface area contributed by atoms with Crippen molar-refractivity contribution in [2.75, 3.05) is 5.32 Å².